The van der Waals surface area contributed by atoms with E-state index in [9.17, 15) is 4.79 Å². The van der Waals surface area contributed by atoms with E-state index >= 15 is 0 Å². The Morgan fingerprint density at radius 3 is 2.50 bits per heavy atom. The monoisotopic (exact) mass is 275 g/mol. The maximum atomic E-state index is 10.7. The van der Waals surface area contributed by atoms with E-state index in [1.807, 2.05) is 24.3 Å². The second-order valence-electron chi connectivity index (χ2n) is 2.58. The first kappa shape index (κ1) is 11.6. The zero-order chi connectivity index (χ0) is 10.6. The second kappa shape index (κ2) is 5.38. The summed E-state index contributed by atoms with van der Waals surface area (Å²) in [7, 11) is 1.63. The van der Waals surface area contributed by atoms with Crippen molar-refractivity contribution >= 4 is 33.7 Å². The van der Waals surface area contributed by atoms with E-state index in [0.717, 1.165) is 9.37 Å². The quantitative estimate of drug-likeness (QED) is 0.653. The van der Waals surface area contributed by atoms with Gasteiger partial charge in [0, 0.05) is 9.37 Å². The molecule has 5 heteroatoms. The summed E-state index contributed by atoms with van der Waals surface area (Å²) < 4.78 is 0.984. The normalized spacial score (nSPS) is 12.4. The molecule has 1 aromatic rings. The van der Waals surface area contributed by atoms with Crippen molar-refractivity contribution in [3.05, 3.63) is 28.7 Å². The van der Waals surface area contributed by atoms with Crippen LogP contribution >= 0.6 is 27.7 Å². The number of carboxylic acid groups (broad SMARTS) is 1. The zero-order valence-corrected chi connectivity index (χ0v) is 9.93. The predicted octanol–water partition coefficient (Wildman–Crippen LogP) is 2.17. The molecule has 0 radical (unpaired) electrons. The lowest BCUT2D eigenvalue weighted by atomic mass is 10.4. The molecule has 0 fully saturated rings. The highest BCUT2D eigenvalue weighted by atomic mass is 79.9. The first-order chi connectivity index (χ1) is 6.63. The van der Waals surface area contributed by atoms with E-state index in [4.69, 9.17) is 5.11 Å². The molecule has 0 saturated carbocycles. The van der Waals surface area contributed by atoms with Crippen LogP contribution in [0.1, 0.15) is 0 Å². The summed E-state index contributed by atoms with van der Waals surface area (Å²) in [5.74, 6) is -0.861. The van der Waals surface area contributed by atoms with Crippen LogP contribution in [-0.4, -0.2) is 23.5 Å². The molecule has 0 aliphatic rings. The fourth-order valence-electron chi connectivity index (χ4n) is 0.882. The number of carbonyl (C=O) groups is 1. The van der Waals surface area contributed by atoms with Crippen LogP contribution < -0.4 is 5.32 Å². The van der Waals surface area contributed by atoms with Crippen LogP contribution in [0.15, 0.2) is 33.6 Å². The molecule has 0 aromatic heterocycles. The summed E-state index contributed by atoms with van der Waals surface area (Å²) in [6.07, 6.45) is 0. The van der Waals surface area contributed by atoms with Gasteiger partial charge in [-0.3, -0.25) is 5.32 Å². The van der Waals surface area contributed by atoms with Crippen molar-refractivity contribution in [1.82, 2.24) is 5.32 Å². The number of aliphatic carboxylic acids is 1. The van der Waals surface area contributed by atoms with Crippen LogP contribution in [0.5, 0.6) is 0 Å². The molecule has 1 unspecified atom stereocenters. The largest absolute Gasteiger partial charge is 0.479 e. The summed E-state index contributed by atoms with van der Waals surface area (Å²) in [5, 5.41) is 10.9. The third-order valence-corrected chi connectivity index (χ3v) is 3.30. The third kappa shape index (κ3) is 3.32. The minimum absolute atomic E-state index is 0.601. The highest BCUT2D eigenvalue weighted by Gasteiger charge is 2.15. The molecule has 0 saturated heterocycles. The second-order valence-corrected chi connectivity index (χ2v) is 4.67. The maximum Gasteiger partial charge on any atom is 0.331 e. The van der Waals surface area contributed by atoms with Crippen LogP contribution in [0.4, 0.5) is 0 Å². The average molecular weight is 276 g/mol. The van der Waals surface area contributed by atoms with Crippen molar-refractivity contribution in [2.45, 2.75) is 10.3 Å². The molecule has 14 heavy (non-hydrogen) atoms. The number of nitrogens with one attached hydrogen (secondary N) is 1. The Bertz CT molecular complexity index is 315. The summed E-state index contributed by atoms with van der Waals surface area (Å²) in [6.45, 7) is 0. The van der Waals surface area contributed by atoms with Gasteiger partial charge in [0.1, 0.15) is 0 Å². The number of benzene rings is 1. The Kier molecular flexibility index (Phi) is 4.44. The van der Waals surface area contributed by atoms with Crippen LogP contribution in [0, 0.1) is 0 Å². The molecule has 0 amide bonds. The third-order valence-electron chi connectivity index (χ3n) is 1.55. The van der Waals surface area contributed by atoms with Crippen LogP contribution in [0.25, 0.3) is 0 Å². The number of rotatable bonds is 4. The smallest absolute Gasteiger partial charge is 0.331 e. The number of hydrogen-bond donors (Lipinski definition) is 2. The van der Waals surface area contributed by atoms with Gasteiger partial charge in [-0.15, -0.1) is 0 Å². The molecule has 0 aliphatic carbocycles. The standard InChI is InChI=1S/C9H10BrNO2S/c1-11-8(9(12)13)14-7-4-2-6(10)3-5-7/h2-5,8,11H,1H3,(H,12,13). The van der Waals surface area contributed by atoms with Gasteiger partial charge in [0.15, 0.2) is 5.37 Å². The van der Waals surface area contributed by atoms with Crippen molar-refractivity contribution in [2.75, 3.05) is 7.05 Å². The first-order valence-corrected chi connectivity index (χ1v) is 5.63. The highest BCUT2D eigenvalue weighted by Crippen LogP contribution is 2.23. The lowest BCUT2D eigenvalue weighted by Gasteiger charge is -2.10. The van der Waals surface area contributed by atoms with E-state index in [1.165, 1.54) is 11.8 Å². The SMILES string of the molecule is CNC(Sc1ccc(Br)cc1)C(=O)O. The molecular weight excluding hydrogens is 266 g/mol. The Hall–Kier alpha value is -0.520. The molecular formula is C9H10BrNO2S. The maximum absolute atomic E-state index is 10.7. The van der Waals surface area contributed by atoms with E-state index in [2.05, 4.69) is 21.2 Å². The fourth-order valence-corrected chi connectivity index (χ4v) is 1.93. The van der Waals surface area contributed by atoms with Crippen LogP contribution in [-0.2, 0) is 4.79 Å². The Morgan fingerprint density at radius 2 is 2.07 bits per heavy atom. The van der Waals surface area contributed by atoms with Gasteiger partial charge in [-0.1, -0.05) is 27.7 Å². The van der Waals surface area contributed by atoms with E-state index in [-0.39, 0.29) is 0 Å². The summed E-state index contributed by atoms with van der Waals surface area (Å²) in [4.78, 5) is 11.6. The van der Waals surface area contributed by atoms with Crippen LogP contribution in [0.3, 0.4) is 0 Å². The highest BCUT2D eigenvalue weighted by molar-refractivity contribution is 9.10. The van der Waals surface area contributed by atoms with E-state index in [0.29, 0.717) is 0 Å². The number of thioether (sulfide) groups is 1. The molecule has 0 aliphatic heterocycles. The minimum Gasteiger partial charge on any atom is -0.479 e. The molecule has 3 nitrogen and oxygen atoms in total. The summed E-state index contributed by atoms with van der Waals surface area (Å²) in [5.41, 5.74) is 0. The first-order valence-electron chi connectivity index (χ1n) is 3.96. The number of halogens is 1. The van der Waals surface area contributed by atoms with Gasteiger partial charge in [-0.25, -0.2) is 4.79 Å². The van der Waals surface area contributed by atoms with Gasteiger partial charge < -0.3 is 5.11 Å². The molecule has 0 heterocycles. The molecule has 0 bridgehead atoms. The van der Waals surface area contributed by atoms with E-state index in [1.54, 1.807) is 7.05 Å². The topological polar surface area (TPSA) is 49.3 Å². The van der Waals surface area contributed by atoms with E-state index < -0.39 is 11.3 Å². The molecule has 1 aromatic carbocycles. The minimum atomic E-state index is -0.861. The molecule has 2 N–H and O–H groups in total. The van der Waals surface area contributed by atoms with Gasteiger partial charge >= 0.3 is 5.97 Å². The van der Waals surface area contributed by atoms with Crippen molar-refractivity contribution < 1.29 is 9.90 Å². The van der Waals surface area contributed by atoms with Gasteiger partial charge in [-0.2, -0.15) is 0 Å². The Labute approximate surface area is 95.0 Å². The predicted molar refractivity (Wildman–Crippen MR) is 60.5 cm³/mol. The van der Waals surface area contributed by atoms with Gasteiger partial charge in [-0.05, 0) is 31.3 Å². The van der Waals surface area contributed by atoms with Crippen molar-refractivity contribution in [1.29, 1.82) is 0 Å². The Morgan fingerprint density at radius 1 is 1.50 bits per heavy atom. The van der Waals surface area contributed by atoms with Gasteiger partial charge in [0.2, 0.25) is 0 Å². The summed E-state index contributed by atoms with van der Waals surface area (Å²) >= 11 is 4.59. The lowest BCUT2D eigenvalue weighted by Crippen LogP contribution is -2.30. The fraction of sp³-hybridized carbons (Fsp3) is 0.222. The summed E-state index contributed by atoms with van der Waals surface area (Å²) in [6, 6.07) is 7.53. The lowest BCUT2D eigenvalue weighted by molar-refractivity contribution is -0.136. The molecule has 0 spiro atoms. The number of carboxylic acids is 1. The zero-order valence-electron chi connectivity index (χ0n) is 7.53. The van der Waals surface area contributed by atoms with Crippen molar-refractivity contribution in [3.8, 4) is 0 Å². The van der Waals surface area contributed by atoms with Crippen LogP contribution in [0.2, 0.25) is 0 Å². The number of likely N-dealkylation sites (N-methyl/N-ethyl adjacent to an activating group) is 1. The van der Waals surface area contributed by atoms with Gasteiger partial charge in [0.05, 0.1) is 0 Å². The number of hydrogen-bond acceptors (Lipinski definition) is 3. The molecule has 1 rings (SSSR count). The average Bonchev–Trinajstić information content (AvgIpc) is 2.16. The van der Waals surface area contributed by atoms with Crippen molar-refractivity contribution in [3.63, 3.8) is 0 Å². The molecule has 76 valence electrons. The van der Waals surface area contributed by atoms with Crippen molar-refractivity contribution in [2.24, 2.45) is 0 Å². The molecule has 1 atom stereocenters. The Balaban J connectivity index is 2.67. The van der Waals surface area contributed by atoms with Gasteiger partial charge in [0.25, 0.3) is 0 Å².